The molecule has 1 aromatic rings. The van der Waals surface area contributed by atoms with E-state index in [1.807, 2.05) is 0 Å². The molecule has 1 heteroatoms. The standard InChI is InChI=1S/C17H27N/c1-11-7-8-12(2)13(9-11)10-14(18)15-16(3,4)17(15,5)6/h7-9,14-15H,10,18H2,1-6H3. The van der Waals surface area contributed by atoms with Crippen LogP contribution >= 0.6 is 0 Å². The van der Waals surface area contributed by atoms with E-state index in [4.69, 9.17) is 5.73 Å². The van der Waals surface area contributed by atoms with Crippen LogP contribution in [0.1, 0.15) is 44.4 Å². The Bertz CT molecular complexity index is 443. The summed E-state index contributed by atoms with van der Waals surface area (Å²) in [6.45, 7) is 13.7. The largest absolute Gasteiger partial charge is 0.327 e. The van der Waals surface area contributed by atoms with E-state index in [9.17, 15) is 0 Å². The van der Waals surface area contributed by atoms with Gasteiger partial charge in [-0.3, -0.25) is 0 Å². The van der Waals surface area contributed by atoms with Gasteiger partial charge >= 0.3 is 0 Å². The molecule has 1 unspecified atom stereocenters. The molecule has 1 aliphatic carbocycles. The van der Waals surface area contributed by atoms with Crippen molar-refractivity contribution in [3.05, 3.63) is 34.9 Å². The molecule has 0 heterocycles. The van der Waals surface area contributed by atoms with Gasteiger partial charge in [-0.2, -0.15) is 0 Å². The highest BCUT2D eigenvalue weighted by atomic mass is 14.8. The molecule has 1 atom stereocenters. The fraction of sp³-hybridized carbons (Fsp3) is 0.647. The summed E-state index contributed by atoms with van der Waals surface area (Å²) in [6, 6.07) is 6.95. The number of hydrogen-bond acceptors (Lipinski definition) is 1. The lowest BCUT2D eigenvalue weighted by Gasteiger charge is -2.16. The Morgan fingerprint density at radius 3 is 2.17 bits per heavy atom. The maximum absolute atomic E-state index is 6.48. The van der Waals surface area contributed by atoms with Crippen molar-refractivity contribution in [2.24, 2.45) is 22.5 Å². The number of aryl methyl sites for hydroxylation is 2. The van der Waals surface area contributed by atoms with Gasteiger partial charge in [-0.25, -0.2) is 0 Å². The lowest BCUT2D eigenvalue weighted by atomic mass is 9.94. The van der Waals surface area contributed by atoms with Crippen molar-refractivity contribution in [2.45, 2.75) is 54.0 Å². The zero-order valence-corrected chi connectivity index (χ0v) is 12.7. The Morgan fingerprint density at radius 1 is 1.11 bits per heavy atom. The van der Waals surface area contributed by atoms with E-state index < -0.39 is 0 Å². The fourth-order valence-electron chi connectivity index (χ4n) is 3.71. The summed E-state index contributed by atoms with van der Waals surface area (Å²) < 4.78 is 0. The summed E-state index contributed by atoms with van der Waals surface area (Å²) in [7, 11) is 0. The van der Waals surface area contributed by atoms with Gasteiger partial charge in [0.1, 0.15) is 0 Å². The molecule has 0 radical (unpaired) electrons. The summed E-state index contributed by atoms with van der Waals surface area (Å²) in [5.74, 6) is 0.630. The normalized spacial score (nSPS) is 22.8. The van der Waals surface area contributed by atoms with E-state index in [1.165, 1.54) is 16.7 Å². The van der Waals surface area contributed by atoms with Gasteiger partial charge in [0.25, 0.3) is 0 Å². The number of benzene rings is 1. The van der Waals surface area contributed by atoms with Crippen molar-refractivity contribution < 1.29 is 0 Å². The first kappa shape index (κ1) is 13.6. The predicted molar refractivity (Wildman–Crippen MR) is 78.6 cm³/mol. The van der Waals surface area contributed by atoms with Gasteiger partial charge in [0.05, 0.1) is 0 Å². The molecule has 0 aromatic heterocycles. The summed E-state index contributed by atoms with van der Waals surface area (Å²) >= 11 is 0. The molecule has 1 aromatic carbocycles. The average molecular weight is 245 g/mol. The van der Waals surface area contributed by atoms with E-state index in [2.05, 4.69) is 59.7 Å². The monoisotopic (exact) mass is 245 g/mol. The maximum Gasteiger partial charge on any atom is 0.0118 e. The minimum Gasteiger partial charge on any atom is -0.327 e. The topological polar surface area (TPSA) is 26.0 Å². The SMILES string of the molecule is Cc1ccc(C)c(CC(N)C2C(C)(C)C2(C)C)c1. The van der Waals surface area contributed by atoms with E-state index in [1.54, 1.807) is 0 Å². The van der Waals surface area contributed by atoms with Crippen LogP contribution in [0.3, 0.4) is 0 Å². The molecule has 0 spiro atoms. The van der Waals surface area contributed by atoms with E-state index in [0.717, 1.165) is 6.42 Å². The van der Waals surface area contributed by atoms with Gasteiger partial charge in [-0.05, 0) is 48.1 Å². The molecule has 18 heavy (non-hydrogen) atoms. The second-order valence-corrected chi connectivity index (χ2v) is 7.22. The Kier molecular flexibility index (Phi) is 3.09. The highest BCUT2D eigenvalue weighted by Crippen LogP contribution is 2.69. The van der Waals surface area contributed by atoms with Crippen LogP contribution in [-0.2, 0) is 6.42 Å². The molecular weight excluding hydrogens is 218 g/mol. The van der Waals surface area contributed by atoms with Crippen molar-refractivity contribution in [2.75, 3.05) is 0 Å². The number of hydrogen-bond donors (Lipinski definition) is 1. The smallest absolute Gasteiger partial charge is 0.0118 e. The van der Waals surface area contributed by atoms with Gasteiger partial charge in [-0.15, -0.1) is 0 Å². The Balaban J connectivity index is 2.14. The van der Waals surface area contributed by atoms with Gasteiger partial charge < -0.3 is 5.73 Å². The third-order valence-corrected chi connectivity index (χ3v) is 5.52. The van der Waals surface area contributed by atoms with E-state index in [-0.39, 0.29) is 6.04 Å². The zero-order valence-electron chi connectivity index (χ0n) is 12.7. The van der Waals surface area contributed by atoms with Crippen molar-refractivity contribution in [1.82, 2.24) is 0 Å². The Hall–Kier alpha value is -0.820. The average Bonchev–Trinajstić information content (AvgIpc) is 2.63. The molecule has 100 valence electrons. The van der Waals surface area contributed by atoms with Crippen LogP contribution in [-0.4, -0.2) is 6.04 Å². The molecule has 0 amide bonds. The summed E-state index contributed by atoms with van der Waals surface area (Å²) in [5, 5.41) is 0. The maximum atomic E-state index is 6.48. The van der Waals surface area contributed by atoms with Crippen LogP contribution in [0.4, 0.5) is 0 Å². The summed E-state index contributed by atoms with van der Waals surface area (Å²) in [4.78, 5) is 0. The molecule has 1 nitrogen and oxygen atoms in total. The minimum atomic E-state index is 0.274. The lowest BCUT2D eigenvalue weighted by molar-refractivity contribution is 0.457. The lowest BCUT2D eigenvalue weighted by Crippen LogP contribution is -2.28. The molecule has 1 saturated carbocycles. The highest BCUT2D eigenvalue weighted by Gasteiger charge is 2.66. The first-order valence-corrected chi connectivity index (χ1v) is 6.99. The Labute approximate surface area is 112 Å². The third kappa shape index (κ3) is 1.99. The van der Waals surface area contributed by atoms with Crippen molar-refractivity contribution >= 4 is 0 Å². The fourth-order valence-corrected chi connectivity index (χ4v) is 3.71. The van der Waals surface area contributed by atoms with Crippen molar-refractivity contribution in [3.8, 4) is 0 Å². The van der Waals surface area contributed by atoms with Crippen molar-refractivity contribution in [1.29, 1.82) is 0 Å². The molecule has 0 aliphatic heterocycles. The third-order valence-electron chi connectivity index (χ3n) is 5.52. The van der Waals surface area contributed by atoms with Gasteiger partial charge in [0, 0.05) is 6.04 Å². The number of nitrogens with two attached hydrogens (primary N) is 1. The van der Waals surface area contributed by atoms with E-state index >= 15 is 0 Å². The second kappa shape index (κ2) is 4.09. The zero-order chi connectivity index (χ0) is 13.7. The molecular formula is C17H27N. The summed E-state index contributed by atoms with van der Waals surface area (Å²) in [5.41, 5.74) is 11.4. The van der Waals surface area contributed by atoms with Crippen LogP contribution in [0.15, 0.2) is 18.2 Å². The molecule has 2 N–H and O–H groups in total. The summed E-state index contributed by atoms with van der Waals surface area (Å²) in [6.07, 6.45) is 1.00. The van der Waals surface area contributed by atoms with E-state index in [0.29, 0.717) is 16.7 Å². The van der Waals surface area contributed by atoms with Gasteiger partial charge in [0.15, 0.2) is 0 Å². The molecule has 2 rings (SSSR count). The van der Waals surface area contributed by atoms with Crippen molar-refractivity contribution in [3.63, 3.8) is 0 Å². The van der Waals surface area contributed by atoms with Gasteiger partial charge in [0.2, 0.25) is 0 Å². The predicted octanol–water partition coefficient (Wildman–Crippen LogP) is 3.86. The minimum absolute atomic E-state index is 0.274. The van der Waals surface area contributed by atoms with Gasteiger partial charge in [-0.1, -0.05) is 51.5 Å². The highest BCUT2D eigenvalue weighted by molar-refractivity contribution is 5.32. The van der Waals surface area contributed by atoms with Crippen LogP contribution in [0, 0.1) is 30.6 Å². The van der Waals surface area contributed by atoms with Crippen LogP contribution in [0.5, 0.6) is 0 Å². The molecule has 1 fully saturated rings. The number of rotatable bonds is 3. The molecule has 0 bridgehead atoms. The quantitative estimate of drug-likeness (QED) is 0.860. The van der Waals surface area contributed by atoms with Crippen LogP contribution < -0.4 is 5.73 Å². The second-order valence-electron chi connectivity index (χ2n) is 7.22. The first-order valence-electron chi connectivity index (χ1n) is 6.99. The first-order chi connectivity index (χ1) is 8.18. The molecule has 0 saturated heterocycles. The van der Waals surface area contributed by atoms with Crippen LogP contribution in [0.2, 0.25) is 0 Å². The Morgan fingerprint density at radius 2 is 1.67 bits per heavy atom. The molecule has 1 aliphatic rings. The van der Waals surface area contributed by atoms with Crippen LogP contribution in [0.25, 0.3) is 0 Å².